The molecule has 6 heteroatoms. The Morgan fingerprint density at radius 1 is 1.17 bits per heavy atom. The fourth-order valence-electron chi connectivity index (χ4n) is 4.11. The van der Waals surface area contributed by atoms with Gasteiger partial charge in [-0.1, -0.05) is 13.0 Å². The zero-order valence-corrected chi connectivity index (χ0v) is 15.4. The lowest BCUT2D eigenvalue weighted by molar-refractivity contribution is 0.144. The molecule has 1 aromatic heterocycles. The summed E-state index contributed by atoms with van der Waals surface area (Å²) in [6.45, 7) is 6.60. The highest BCUT2D eigenvalue weighted by atomic mass is 32.2. The minimum Gasteiger partial charge on any atom is -0.299 e. The van der Waals surface area contributed by atoms with E-state index < -0.39 is 10.0 Å². The molecule has 0 aliphatic carbocycles. The number of rotatable bonds is 6. The predicted molar refractivity (Wildman–Crippen MR) is 96.0 cm³/mol. The maximum Gasteiger partial charge on any atom is 0.214 e. The number of hydrogen-bond donors (Lipinski definition) is 0. The van der Waals surface area contributed by atoms with Gasteiger partial charge in [0.05, 0.1) is 5.75 Å². The zero-order chi connectivity index (χ0) is 17.0. The van der Waals surface area contributed by atoms with Gasteiger partial charge in [-0.15, -0.1) is 0 Å². The van der Waals surface area contributed by atoms with Crippen molar-refractivity contribution in [1.29, 1.82) is 0 Å². The molecule has 3 heterocycles. The van der Waals surface area contributed by atoms with Gasteiger partial charge in [-0.25, -0.2) is 12.7 Å². The maximum absolute atomic E-state index is 12.2. The molecule has 5 nitrogen and oxygen atoms in total. The van der Waals surface area contributed by atoms with E-state index in [9.17, 15) is 8.42 Å². The lowest BCUT2D eigenvalue weighted by Crippen LogP contribution is -2.37. The fourth-order valence-corrected chi connectivity index (χ4v) is 5.69. The average molecular weight is 352 g/mol. The van der Waals surface area contributed by atoms with E-state index in [0.29, 0.717) is 24.0 Å². The van der Waals surface area contributed by atoms with Crippen LogP contribution in [0.3, 0.4) is 0 Å². The van der Waals surface area contributed by atoms with E-state index in [1.54, 1.807) is 4.31 Å². The van der Waals surface area contributed by atoms with Gasteiger partial charge in [0.25, 0.3) is 0 Å². The molecule has 0 spiro atoms. The predicted octanol–water partition coefficient (Wildman–Crippen LogP) is 2.36. The van der Waals surface area contributed by atoms with Crippen LogP contribution in [-0.4, -0.2) is 54.5 Å². The molecular weight excluding hydrogens is 322 g/mol. The molecule has 0 saturated carbocycles. The van der Waals surface area contributed by atoms with Gasteiger partial charge < -0.3 is 0 Å². The van der Waals surface area contributed by atoms with Crippen molar-refractivity contribution in [2.75, 3.05) is 31.9 Å². The summed E-state index contributed by atoms with van der Waals surface area (Å²) in [6, 6.07) is 4.12. The number of piperidine rings is 1. The minimum absolute atomic E-state index is 0.295. The van der Waals surface area contributed by atoms with Crippen LogP contribution in [0.5, 0.6) is 0 Å². The summed E-state index contributed by atoms with van der Waals surface area (Å²) in [6.07, 6.45) is 7.87. The lowest BCUT2D eigenvalue weighted by Gasteiger charge is -2.34. The Bertz CT molecular complexity index is 612. The van der Waals surface area contributed by atoms with Gasteiger partial charge in [-0.3, -0.25) is 9.88 Å². The smallest absolute Gasteiger partial charge is 0.214 e. The summed E-state index contributed by atoms with van der Waals surface area (Å²) in [5.74, 6) is 1.53. The van der Waals surface area contributed by atoms with E-state index in [1.807, 2.05) is 25.4 Å². The molecule has 2 saturated heterocycles. The summed E-state index contributed by atoms with van der Waals surface area (Å²) in [4.78, 5) is 6.68. The van der Waals surface area contributed by atoms with Crippen molar-refractivity contribution in [3.05, 3.63) is 30.1 Å². The van der Waals surface area contributed by atoms with Crippen molar-refractivity contribution in [2.24, 2.45) is 11.8 Å². The number of sulfonamides is 1. The van der Waals surface area contributed by atoms with Gasteiger partial charge in [0.15, 0.2) is 0 Å². The van der Waals surface area contributed by atoms with Crippen molar-refractivity contribution in [1.82, 2.24) is 14.2 Å². The first-order valence-corrected chi connectivity index (χ1v) is 10.8. The molecule has 1 aromatic rings. The molecule has 0 radical (unpaired) electrons. The van der Waals surface area contributed by atoms with Crippen molar-refractivity contribution in [3.63, 3.8) is 0 Å². The Morgan fingerprint density at radius 3 is 2.58 bits per heavy atom. The van der Waals surface area contributed by atoms with Gasteiger partial charge in [0.1, 0.15) is 0 Å². The molecule has 2 aliphatic rings. The molecular formula is C18H29N3O2S. The molecule has 1 atom stereocenters. The Hall–Kier alpha value is -0.980. The number of pyridine rings is 1. The second-order valence-electron chi connectivity index (χ2n) is 7.20. The summed E-state index contributed by atoms with van der Waals surface area (Å²) in [5.41, 5.74) is 1.27. The molecule has 2 fully saturated rings. The first-order valence-electron chi connectivity index (χ1n) is 9.17. The van der Waals surface area contributed by atoms with Crippen LogP contribution >= 0.6 is 0 Å². The summed E-state index contributed by atoms with van der Waals surface area (Å²) >= 11 is 0. The SMILES string of the molecule is CCCS(=O)(=O)N1CC[C@@H](C2CCN(Cc3cccnc3)CC2)C1. The topological polar surface area (TPSA) is 53.5 Å². The fraction of sp³-hybridized carbons (Fsp3) is 0.722. The summed E-state index contributed by atoms with van der Waals surface area (Å²) < 4.78 is 26.2. The monoisotopic (exact) mass is 351 g/mol. The van der Waals surface area contributed by atoms with Crippen LogP contribution in [0.4, 0.5) is 0 Å². The van der Waals surface area contributed by atoms with Gasteiger partial charge >= 0.3 is 0 Å². The van der Waals surface area contributed by atoms with Crippen LogP contribution < -0.4 is 0 Å². The second kappa shape index (κ2) is 7.93. The third-order valence-electron chi connectivity index (χ3n) is 5.47. The number of aromatic nitrogens is 1. The number of hydrogen-bond acceptors (Lipinski definition) is 4. The van der Waals surface area contributed by atoms with E-state index in [4.69, 9.17) is 0 Å². The van der Waals surface area contributed by atoms with E-state index in [1.165, 1.54) is 18.4 Å². The molecule has 0 bridgehead atoms. The van der Waals surface area contributed by atoms with Crippen LogP contribution in [0.2, 0.25) is 0 Å². The number of nitrogens with zero attached hydrogens (tertiary/aromatic N) is 3. The molecule has 24 heavy (non-hydrogen) atoms. The Balaban J connectivity index is 1.47. The van der Waals surface area contributed by atoms with E-state index in [0.717, 1.165) is 39.1 Å². The van der Waals surface area contributed by atoms with Crippen molar-refractivity contribution in [2.45, 2.75) is 39.2 Å². The minimum atomic E-state index is -3.02. The molecule has 2 aliphatic heterocycles. The van der Waals surface area contributed by atoms with Gasteiger partial charge in [-0.05, 0) is 62.2 Å². The maximum atomic E-state index is 12.2. The van der Waals surface area contributed by atoms with Crippen LogP contribution in [0.15, 0.2) is 24.5 Å². The third kappa shape index (κ3) is 4.35. The van der Waals surface area contributed by atoms with E-state index in [2.05, 4.69) is 16.0 Å². The normalized spacial score (nSPS) is 24.5. The quantitative estimate of drug-likeness (QED) is 0.789. The largest absolute Gasteiger partial charge is 0.299 e. The molecule has 3 rings (SSSR count). The van der Waals surface area contributed by atoms with Gasteiger partial charge in [-0.2, -0.15) is 0 Å². The highest BCUT2D eigenvalue weighted by Crippen LogP contribution is 2.33. The molecule has 0 unspecified atom stereocenters. The first-order chi connectivity index (χ1) is 11.6. The third-order valence-corrected chi connectivity index (χ3v) is 7.51. The zero-order valence-electron chi connectivity index (χ0n) is 14.6. The van der Waals surface area contributed by atoms with Crippen LogP contribution in [0.1, 0.15) is 38.2 Å². The van der Waals surface area contributed by atoms with E-state index in [-0.39, 0.29) is 0 Å². The Labute approximate surface area is 146 Å². The molecule has 0 amide bonds. The summed E-state index contributed by atoms with van der Waals surface area (Å²) in [7, 11) is -3.02. The van der Waals surface area contributed by atoms with Crippen molar-refractivity contribution < 1.29 is 8.42 Å². The van der Waals surface area contributed by atoms with Gasteiger partial charge in [0, 0.05) is 32.0 Å². The molecule has 0 N–H and O–H groups in total. The highest BCUT2D eigenvalue weighted by molar-refractivity contribution is 7.89. The first kappa shape index (κ1) is 17.8. The van der Waals surface area contributed by atoms with Gasteiger partial charge in [0.2, 0.25) is 10.0 Å². The highest BCUT2D eigenvalue weighted by Gasteiger charge is 2.36. The Morgan fingerprint density at radius 2 is 1.92 bits per heavy atom. The standard InChI is InChI=1S/C18H29N3O2S/c1-2-12-24(22,23)21-11-7-18(15-21)17-5-9-20(10-6-17)14-16-4-3-8-19-13-16/h3-4,8,13,17-18H,2,5-7,9-12,14-15H2,1H3/t18-/m1/s1. The molecule has 0 aromatic carbocycles. The van der Waals surface area contributed by atoms with Crippen LogP contribution in [0, 0.1) is 11.8 Å². The second-order valence-corrected chi connectivity index (χ2v) is 9.29. The van der Waals surface area contributed by atoms with Crippen LogP contribution in [-0.2, 0) is 16.6 Å². The Kier molecular flexibility index (Phi) is 5.89. The molecule has 134 valence electrons. The summed E-state index contributed by atoms with van der Waals surface area (Å²) in [5, 5.41) is 0. The number of likely N-dealkylation sites (tertiary alicyclic amines) is 1. The lowest BCUT2D eigenvalue weighted by atomic mass is 9.84. The van der Waals surface area contributed by atoms with E-state index >= 15 is 0 Å². The average Bonchev–Trinajstić information content (AvgIpc) is 3.07. The van der Waals surface area contributed by atoms with Crippen LogP contribution in [0.25, 0.3) is 0 Å². The van der Waals surface area contributed by atoms with Crippen molar-refractivity contribution >= 4 is 10.0 Å². The van der Waals surface area contributed by atoms with Crippen molar-refractivity contribution in [3.8, 4) is 0 Å².